The number of nitrogens with one attached hydrogen (secondary N) is 2. The third-order valence-electron chi connectivity index (χ3n) is 3.20. The lowest BCUT2D eigenvalue weighted by Gasteiger charge is -2.06. The predicted molar refractivity (Wildman–Crippen MR) is 101 cm³/mol. The van der Waals surface area contributed by atoms with Gasteiger partial charge in [-0.1, -0.05) is 41.1 Å². The van der Waals surface area contributed by atoms with Gasteiger partial charge >= 0.3 is 6.03 Å². The van der Waals surface area contributed by atoms with Crippen molar-refractivity contribution in [2.24, 2.45) is 0 Å². The van der Waals surface area contributed by atoms with Crippen LogP contribution in [0.25, 0.3) is 0 Å². The molecule has 9 heteroatoms. The van der Waals surface area contributed by atoms with Gasteiger partial charge in [0, 0.05) is 11.8 Å². The Bertz CT molecular complexity index is 903. The highest BCUT2D eigenvalue weighted by Gasteiger charge is 2.10. The van der Waals surface area contributed by atoms with E-state index in [1.165, 1.54) is 11.3 Å². The van der Waals surface area contributed by atoms with Crippen molar-refractivity contribution in [3.05, 3.63) is 58.6 Å². The number of nitrogens with zero attached hydrogens (tertiary/aromatic N) is 2. The van der Waals surface area contributed by atoms with Crippen molar-refractivity contribution in [1.29, 1.82) is 0 Å². The smallest absolute Gasteiger partial charge is 0.325 e. The van der Waals surface area contributed by atoms with E-state index >= 15 is 0 Å². The van der Waals surface area contributed by atoms with Crippen molar-refractivity contribution in [2.75, 3.05) is 17.7 Å². The Morgan fingerprint density at radius 3 is 2.81 bits per heavy atom. The molecule has 0 aliphatic rings. The second-order valence-corrected chi connectivity index (χ2v) is 6.50. The summed E-state index contributed by atoms with van der Waals surface area (Å²) >= 11 is 7.25. The molecule has 134 valence electrons. The molecule has 0 atom stereocenters. The van der Waals surface area contributed by atoms with Crippen LogP contribution < -0.4 is 20.1 Å². The molecule has 0 fully saturated rings. The van der Waals surface area contributed by atoms with Crippen molar-refractivity contribution >= 4 is 39.8 Å². The normalized spacial score (nSPS) is 10.2. The molecular formula is C17H15ClN4O3S. The third-order valence-corrected chi connectivity index (χ3v) is 4.33. The zero-order valence-corrected chi connectivity index (χ0v) is 15.3. The molecule has 7 nitrogen and oxygen atoms in total. The number of benzene rings is 2. The Kier molecular flexibility index (Phi) is 5.88. The molecule has 0 aliphatic heterocycles. The largest absolute Gasteiger partial charge is 0.497 e. The van der Waals surface area contributed by atoms with Crippen LogP contribution in [0.1, 0.15) is 5.01 Å². The fraction of sp³-hybridized carbons (Fsp3) is 0.118. The van der Waals surface area contributed by atoms with E-state index in [-0.39, 0.29) is 6.61 Å². The number of hydrogen-bond acceptors (Lipinski definition) is 6. The van der Waals surface area contributed by atoms with Gasteiger partial charge < -0.3 is 14.8 Å². The molecule has 26 heavy (non-hydrogen) atoms. The summed E-state index contributed by atoms with van der Waals surface area (Å²) in [5, 5.41) is 14.7. The van der Waals surface area contributed by atoms with Gasteiger partial charge in [-0.3, -0.25) is 5.32 Å². The van der Waals surface area contributed by atoms with Gasteiger partial charge in [0.2, 0.25) is 5.13 Å². The van der Waals surface area contributed by atoms with E-state index < -0.39 is 6.03 Å². The number of anilines is 2. The van der Waals surface area contributed by atoms with Crippen LogP contribution in [0.3, 0.4) is 0 Å². The molecule has 2 aromatic carbocycles. The van der Waals surface area contributed by atoms with Crippen molar-refractivity contribution in [2.45, 2.75) is 6.61 Å². The van der Waals surface area contributed by atoms with Crippen LogP contribution in [0, 0.1) is 0 Å². The second-order valence-electron chi connectivity index (χ2n) is 5.03. The Hall–Kier alpha value is -2.84. The van der Waals surface area contributed by atoms with Crippen molar-refractivity contribution in [3.63, 3.8) is 0 Å². The monoisotopic (exact) mass is 390 g/mol. The number of methoxy groups -OCH3 is 1. The zero-order chi connectivity index (χ0) is 18.4. The Balaban J connectivity index is 1.54. The number of carbonyl (C=O) groups is 1. The van der Waals surface area contributed by atoms with Gasteiger partial charge in [-0.05, 0) is 24.3 Å². The summed E-state index contributed by atoms with van der Waals surface area (Å²) in [5.41, 5.74) is 0.605. The van der Waals surface area contributed by atoms with E-state index in [4.69, 9.17) is 21.1 Å². The number of aromatic nitrogens is 2. The summed E-state index contributed by atoms with van der Waals surface area (Å²) in [6.07, 6.45) is 0. The van der Waals surface area contributed by atoms with Crippen LogP contribution in [0.15, 0.2) is 48.5 Å². The number of halogens is 1. The molecule has 2 N–H and O–H groups in total. The molecule has 0 radical (unpaired) electrons. The summed E-state index contributed by atoms with van der Waals surface area (Å²) < 4.78 is 10.7. The van der Waals surface area contributed by atoms with E-state index in [2.05, 4.69) is 20.8 Å². The molecule has 0 spiro atoms. The zero-order valence-electron chi connectivity index (χ0n) is 13.7. The minimum Gasteiger partial charge on any atom is -0.497 e. The number of urea groups is 1. The Labute approximate surface area is 158 Å². The quantitative estimate of drug-likeness (QED) is 0.650. The molecular weight excluding hydrogens is 376 g/mol. The molecule has 1 heterocycles. The summed E-state index contributed by atoms with van der Waals surface area (Å²) in [5.74, 6) is 1.22. The molecule has 2 amide bonds. The maximum Gasteiger partial charge on any atom is 0.325 e. The average molecular weight is 391 g/mol. The number of ether oxygens (including phenoxy) is 2. The number of carbonyl (C=O) groups excluding carboxylic acids is 1. The van der Waals surface area contributed by atoms with Crippen LogP contribution >= 0.6 is 22.9 Å². The first-order valence-electron chi connectivity index (χ1n) is 7.56. The number of rotatable bonds is 6. The lowest BCUT2D eigenvalue weighted by molar-refractivity contribution is 0.262. The maximum atomic E-state index is 12.0. The number of amides is 2. The van der Waals surface area contributed by atoms with Crippen molar-refractivity contribution in [1.82, 2.24) is 10.2 Å². The van der Waals surface area contributed by atoms with Gasteiger partial charge in [0.25, 0.3) is 0 Å². The first kappa shape index (κ1) is 18.0. The minimum atomic E-state index is -0.423. The van der Waals surface area contributed by atoms with Gasteiger partial charge in [0.05, 0.1) is 12.1 Å². The van der Waals surface area contributed by atoms with Crippen LogP contribution in [0.4, 0.5) is 15.6 Å². The summed E-state index contributed by atoms with van der Waals surface area (Å²) in [7, 11) is 1.56. The summed E-state index contributed by atoms with van der Waals surface area (Å²) in [6.45, 7) is 0.209. The van der Waals surface area contributed by atoms with Crippen molar-refractivity contribution in [3.8, 4) is 11.5 Å². The lowest BCUT2D eigenvalue weighted by atomic mass is 10.3. The third kappa shape index (κ3) is 4.84. The highest BCUT2D eigenvalue weighted by Crippen LogP contribution is 2.25. The molecule has 3 rings (SSSR count). The summed E-state index contributed by atoms with van der Waals surface area (Å²) in [6, 6.07) is 13.8. The van der Waals surface area contributed by atoms with Crippen LogP contribution in [-0.2, 0) is 6.61 Å². The SMILES string of the molecule is COc1cccc(NC(=O)Nc2nnc(COc3ccccc3Cl)s2)c1. The Morgan fingerprint density at radius 2 is 2.00 bits per heavy atom. The highest BCUT2D eigenvalue weighted by molar-refractivity contribution is 7.15. The average Bonchev–Trinajstić information content (AvgIpc) is 3.08. The molecule has 0 aliphatic carbocycles. The van der Waals surface area contributed by atoms with Gasteiger partial charge in [0.1, 0.15) is 18.1 Å². The number of hydrogen-bond donors (Lipinski definition) is 2. The first-order chi connectivity index (χ1) is 12.6. The van der Waals surface area contributed by atoms with Crippen LogP contribution in [-0.4, -0.2) is 23.3 Å². The lowest BCUT2D eigenvalue weighted by Crippen LogP contribution is -2.19. The van der Waals surface area contributed by atoms with Gasteiger partial charge in [-0.25, -0.2) is 4.79 Å². The van der Waals surface area contributed by atoms with E-state index in [0.717, 1.165) is 0 Å². The van der Waals surface area contributed by atoms with E-state index in [1.54, 1.807) is 43.5 Å². The molecule has 3 aromatic rings. The topological polar surface area (TPSA) is 85.4 Å². The maximum absolute atomic E-state index is 12.0. The standard InChI is InChI=1S/C17H15ClN4O3S/c1-24-12-6-4-5-11(9-12)19-16(23)20-17-22-21-15(26-17)10-25-14-8-3-2-7-13(14)18/h2-9H,10H2,1H3,(H2,19,20,22,23). The fourth-order valence-corrected chi connectivity index (χ4v) is 2.86. The second kappa shape index (κ2) is 8.50. The van der Waals surface area contributed by atoms with E-state index in [9.17, 15) is 4.79 Å². The molecule has 0 unspecified atom stereocenters. The predicted octanol–water partition coefficient (Wildman–Crippen LogP) is 4.42. The Morgan fingerprint density at radius 1 is 1.15 bits per heavy atom. The minimum absolute atomic E-state index is 0.209. The van der Waals surface area contributed by atoms with E-state index in [1.807, 2.05) is 12.1 Å². The van der Waals surface area contributed by atoms with Crippen LogP contribution in [0.5, 0.6) is 11.5 Å². The molecule has 0 saturated carbocycles. The van der Waals surface area contributed by atoms with Crippen LogP contribution in [0.2, 0.25) is 5.02 Å². The number of para-hydroxylation sites is 1. The molecule has 1 aromatic heterocycles. The van der Waals surface area contributed by atoms with Crippen molar-refractivity contribution < 1.29 is 14.3 Å². The van der Waals surface area contributed by atoms with Gasteiger partial charge in [-0.2, -0.15) is 0 Å². The van der Waals surface area contributed by atoms with Gasteiger partial charge in [0.15, 0.2) is 5.01 Å². The highest BCUT2D eigenvalue weighted by atomic mass is 35.5. The first-order valence-corrected chi connectivity index (χ1v) is 8.75. The fourth-order valence-electron chi connectivity index (χ4n) is 2.02. The summed E-state index contributed by atoms with van der Waals surface area (Å²) in [4.78, 5) is 12.0. The molecule has 0 bridgehead atoms. The molecule has 0 saturated heterocycles. The van der Waals surface area contributed by atoms with Gasteiger partial charge in [-0.15, -0.1) is 10.2 Å². The van der Waals surface area contributed by atoms with E-state index in [0.29, 0.717) is 32.3 Å².